The molecule has 118 valence electrons. The third-order valence-corrected chi connectivity index (χ3v) is 5.61. The maximum absolute atomic E-state index is 3.79. The Hall–Kier alpha value is -0.860. The van der Waals surface area contributed by atoms with E-state index in [1.807, 2.05) is 0 Å². The predicted octanol–water partition coefficient (Wildman–Crippen LogP) is 4.05. The van der Waals surface area contributed by atoms with Crippen LogP contribution in [0.3, 0.4) is 0 Å². The van der Waals surface area contributed by atoms with Crippen LogP contribution in [0, 0.1) is 13.8 Å². The summed E-state index contributed by atoms with van der Waals surface area (Å²) in [6.07, 6.45) is 2.36. The molecule has 2 heteroatoms. The van der Waals surface area contributed by atoms with Crippen molar-refractivity contribution in [3.63, 3.8) is 0 Å². The van der Waals surface area contributed by atoms with E-state index in [4.69, 9.17) is 0 Å². The summed E-state index contributed by atoms with van der Waals surface area (Å²) >= 11 is 0. The smallest absolute Gasteiger partial charge is 0.0307 e. The average molecular weight is 288 g/mol. The second-order valence-corrected chi connectivity index (χ2v) is 7.40. The molecule has 1 fully saturated rings. The molecule has 0 radical (unpaired) electrons. The Balaban J connectivity index is 2.26. The summed E-state index contributed by atoms with van der Waals surface area (Å²) in [7, 11) is 0. The molecule has 2 rings (SSSR count). The fraction of sp³-hybridized carbons (Fsp3) is 0.684. The molecule has 1 aliphatic rings. The first-order chi connectivity index (χ1) is 9.82. The lowest BCUT2D eigenvalue weighted by molar-refractivity contribution is 0.0103. The second kappa shape index (κ2) is 6.10. The molecule has 1 aliphatic heterocycles. The molecule has 0 amide bonds. The molecular formula is C19H32N2. The van der Waals surface area contributed by atoms with Crippen LogP contribution >= 0.6 is 0 Å². The summed E-state index contributed by atoms with van der Waals surface area (Å²) < 4.78 is 0. The maximum atomic E-state index is 3.79. The van der Waals surface area contributed by atoms with Gasteiger partial charge < -0.3 is 5.32 Å². The van der Waals surface area contributed by atoms with Crippen LogP contribution in [0.15, 0.2) is 18.2 Å². The molecule has 1 saturated heterocycles. The first kappa shape index (κ1) is 16.5. The Morgan fingerprint density at radius 2 is 1.86 bits per heavy atom. The van der Waals surface area contributed by atoms with E-state index in [1.54, 1.807) is 0 Å². The molecule has 1 aromatic carbocycles. The highest BCUT2D eigenvalue weighted by atomic mass is 15.3. The quantitative estimate of drug-likeness (QED) is 0.899. The van der Waals surface area contributed by atoms with E-state index < -0.39 is 0 Å². The fourth-order valence-electron chi connectivity index (χ4n) is 3.19. The van der Waals surface area contributed by atoms with Crippen LogP contribution in [0.1, 0.15) is 57.2 Å². The summed E-state index contributed by atoms with van der Waals surface area (Å²) in [5, 5.41) is 3.79. The number of nitrogens with zero attached hydrogens (tertiary/aromatic N) is 1. The van der Waals surface area contributed by atoms with Crippen LogP contribution in [0.25, 0.3) is 0 Å². The summed E-state index contributed by atoms with van der Waals surface area (Å²) in [5.41, 5.74) is 4.75. The maximum Gasteiger partial charge on any atom is 0.0307 e. The number of piperazine rings is 1. The number of nitrogens with one attached hydrogen (secondary N) is 1. The molecule has 2 nitrogen and oxygen atoms in total. The van der Waals surface area contributed by atoms with Crippen molar-refractivity contribution < 1.29 is 0 Å². The third-order valence-electron chi connectivity index (χ3n) is 5.61. The SMILES string of the molecule is CCC1(C)CN(Cc2cc(C)ccc2C)C(C)(CC)CN1. The Kier molecular flexibility index (Phi) is 4.79. The Bertz CT molecular complexity index is 496. The van der Waals surface area contributed by atoms with Gasteiger partial charge in [-0.3, -0.25) is 4.90 Å². The Morgan fingerprint density at radius 1 is 1.14 bits per heavy atom. The molecule has 1 aromatic rings. The summed E-state index contributed by atoms with van der Waals surface area (Å²) in [5.74, 6) is 0. The van der Waals surface area contributed by atoms with Crippen molar-refractivity contribution in [3.8, 4) is 0 Å². The van der Waals surface area contributed by atoms with Gasteiger partial charge in [-0.15, -0.1) is 0 Å². The number of rotatable bonds is 4. The first-order valence-corrected chi connectivity index (χ1v) is 8.38. The predicted molar refractivity (Wildman–Crippen MR) is 91.7 cm³/mol. The molecule has 0 saturated carbocycles. The average Bonchev–Trinajstić information content (AvgIpc) is 2.47. The lowest BCUT2D eigenvalue weighted by atomic mass is 9.85. The van der Waals surface area contributed by atoms with E-state index in [-0.39, 0.29) is 11.1 Å². The largest absolute Gasteiger partial charge is 0.308 e. The molecule has 1 N–H and O–H groups in total. The number of hydrogen-bond donors (Lipinski definition) is 1. The molecule has 0 aliphatic carbocycles. The van der Waals surface area contributed by atoms with Gasteiger partial charge in [-0.1, -0.05) is 37.6 Å². The van der Waals surface area contributed by atoms with Gasteiger partial charge >= 0.3 is 0 Å². The van der Waals surface area contributed by atoms with Gasteiger partial charge in [0.1, 0.15) is 0 Å². The van der Waals surface area contributed by atoms with Crippen molar-refractivity contribution >= 4 is 0 Å². The standard InChI is InChI=1S/C19H32N2/c1-7-18(5)14-21(19(6,8-2)13-20-18)12-17-11-15(3)9-10-16(17)4/h9-11,20H,7-8,12-14H2,1-6H3. The lowest BCUT2D eigenvalue weighted by Gasteiger charge is -2.52. The number of benzene rings is 1. The summed E-state index contributed by atoms with van der Waals surface area (Å²) in [4.78, 5) is 2.70. The fourth-order valence-corrected chi connectivity index (χ4v) is 3.19. The third kappa shape index (κ3) is 3.49. The first-order valence-electron chi connectivity index (χ1n) is 8.38. The molecule has 1 heterocycles. The van der Waals surface area contributed by atoms with E-state index >= 15 is 0 Å². The highest BCUT2D eigenvalue weighted by Crippen LogP contribution is 2.30. The van der Waals surface area contributed by atoms with Crippen molar-refractivity contribution in [1.82, 2.24) is 10.2 Å². The lowest BCUT2D eigenvalue weighted by Crippen LogP contribution is -2.67. The molecule has 0 spiro atoms. The minimum Gasteiger partial charge on any atom is -0.308 e. The van der Waals surface area contributed by atoms with Crippen LogP contribution in [-0.2, 0) is 6.54 Å². The second-order valence-electron chi connectivity index (χ2n) is 7.40. The normalized spacial score (nSPS) is 30.6. The van der Waals surface area contributed by atoms with Gasteiger partial charge in [-0.05, 0) is 51.7 Å². The van der Waals surface area contributed by atoms with E-state index in [1.165, 1.54) is 29.5 Å². The minimum atomic E-state index is 0.242. The van der Waals surface area contributed by atoms with Crippen molar-refractivity contribution in [2.75, 3.05) is 13.1 Å². The van der Waals surface area contributed by atoms with Crippen molar-refractivity contribution in [2.45, 2.75) is 72.0 Å². The van der Waals surface area contributed by atoms with Crippen molar-refractivity contribution in [3.05, 3.63) is 34.9 Å². The topological polar surface area (TPSA) is 15.3 Å². The van der Waals surface area contributed by atoms with Gasteiger partial charge in [0.2, 0.25) is 0 Å². The van der Waals surface area contributed by atoms with E-state index in [2.05, 4.69) is 70.0 Å². The number of aryl methyl sites for hydroxylation is 2. The molecule has 21 heavy (non-hydrogen) atoms. The van der Waals surface area contributed by atoms with Gasteiger partial charge in [0.15, 0.2) is 0 Å². The zero-order valence-electron chi connectivity index (χ0n) is 14.7. The van der Waals surface area contributed by atoms with Crippen LogP contribution in [0.4, 0.5) is 0 Å². The van der Waals surface area contributed by atoms with Crippen molar-refractivity contribution in [1.29, 1.82) is 0 Å². The highest BCUT2D eigenvalue weighted by molar-refractivity contribution is 5.30. The zero-order valence-corrected chi connectivity index (χ0v) is 14.7. The molecular weight excluding hydrogens is 256 g/mol. The van der Waals surface area contributed by atoms with Crippen LogP contribution in [0.2, 0.25) is 0 Å². The number of hydrogen-bond acceptors (Lipinski definition) is 2. The summed E-state index contributed by atoms with van der Waals surface area (Å²) in [6.45, 7) is 17.1. The van der Waals surface area contributed by atoms with Crippen LogP contribution < -0.4 is 5.32 Å². The summed E-state index contributed by atoms with van der Waals surface area (Å²) in [6, 6.07) is 6.83. The van der Waals surface area contributed by atoms with Gasteiger partial charge in [0, 0.05) is 30.7 Å². The molecule has 2 atom stereocenters. The van der Waals surface area contributed by atoms with Gasteiger partial charge in [-0.2, -0.15) is 0 Å². The van der Waals surface area contributed by atoms with Crippen LogP contribution in [0.5, 0.6) is 0 Å². The highest BCUT2D eigenvalue weighted by Gasteiger charge is 2.40. The van der Waals surface area contributed by atoms with E-state index in [0.29, 0.717) is 0 Å². The van der Waals surface area contributed by atoms with Gasteiger partial charge in [0.25, 0.3) is 0 Å². The van der Waals surface area contributed by atoms with Crippen molar-refractivity contribution in [2.24, 2.45) is 0 Å². The molecule has 2 unspecified atom stereocenters. The monoisotopic (exact) mass is 288 g/mol. The minimum absolute atomic E-state index is 0.242. The van der Waals surface area contributed by atoms with E-state index in [9.17, 15) is 0 Å². The van der Waals surface area contributed by atoms with Gasteiger partial charge in [-0.25, -0.2) is 0 Å². The van der Waals surface area contributed by atoms with E-state index in [0.717, 1.165) is 19.6 Å². The Labute approximate surface area is 130 Å². The molecule has 0 aromatic heterocycles. The van der Waals surface area contributed by atoms with Crippen LogP contribution in [-0.4, -0.2) is 29.1 Å². The zero-order chi connectivity index (χ0) is 15.7. The van der Waals surface area contributed by atoms with Gasteiger partial charge in [0.05, 0.1) is 0 Å². The molecule has 0 bridgehead atoms. The Morgan fingerprint density at radius 3 is 2.48 bits per heavy atom.